The van der Waals surface area contributed by atoms with Crippen LogP contribution in [-0.2, 0) is 0 Å². The van der Waals surface area contributed by atoms with Crippen LogP contribution in [0.4, 0.5) is 0 Å². The van der Waals surface area contributed by atoms with Gasteiger partial charge < -0.3 is 11.1 Å². The SMILES string of the molecule is C\C=C/C=C\C=C\C(=N)CC(N)c1ccccc1. The smallest absolute Gasteiger partial charge is 0.0350 e. The van der Waals surface area contributed by atoms with E-state index in [0.29, 0.717) is 12.1 Å². The molecule has 2 nitrogen and oxygen atoms in total. The van der Waals surface area contributed by atoms with E-state index >= 15 is 0 Å². The van der Waals surface area contributed by atoms with Crippen molar-refractivity contribution in [1.29, 1.82) is 5.41 Å². The average Bonchev–Trinajstić information content (AvgIpc) is 2.39. The fourth-order valence-electron chi connectivity index (χ4n) is 1.53. The van der Waals surface area contributed by atoms with Gasteiger partial charge in [-0.3, -0.25) is 0 Å². The highest BCUT2D eigenvalue weighted by Gasteiger charge is 2.06. The zero-order valence-corrected chi connectivity index (χ0v) is 10.7. The molecule has 1 aromatic rings. The number of hydrogen-bond acceptors (Lipinski definition) is 2. The molecule has 0 spiro atoms. The van der Waals surface area contributed by atoms with Crippen LogP contribution in [0.3, 0.4) is 0 Å². The molecule has 0 fully saturated rings. The Balaban J connectivity index is 2.45. The van der Waals surface area contributed by atoms with Gasteiger partial charge in [0.1, 0.15) is 0 Å². The Kier molecular flexibility index (Phi) is 6.44. The lowest BCUT2D eigenvalue weighted by Gasteiger charge is -2.10. The second-order valence-corrected chi connectivity index (χ2v) is 4.02. The molecule has 1 atom stereocenters. The van der Waals surface area contributed by atoms with Gasteiger partial charge in [-0.1, -0.05) is 60.7 Å². The average molecular weight is 240 g/mol. The van der Waals surface area contributed by atoms with Crippen LogP contribution in [0.1, 0.15) is 24.9 Å². The first kappa shape index (κ1) is 14.1. The molecular formula is C16H20N2. The summed E-state index contributed by atoms with van der Waals surface area (Å²) in [7, 11) is 0. The summed E-state index contributed by atoms with van der Waals surface area (Å²) >= 11 is 0. The maximum atomic E-state index is 7.83. The predicted molar refractivity (Wildman–Crippen MR) is 78.8 cm³/mol. The maximum absolute atomic E-state index is 7.83. The molecule has 1 unspecified atom stereocenters. The Morgan fingerprint density at radius 2 is 1.83 bits per heavy atom. The molecule has 1 aromatic carbocycles. The lowest BCUT2D eigenvalue weighted by atomic mass is 10.0. The Hall–Kier alpha value is -1.93. The largest absolute Gasteiger partial charge is 0.324 e. The second-order valence-electron chi connectivity index (χ2n) is 4.02. The summed E-state index contributed by atoms with van der Waals surface area (Å²) in [5.74, 6) is 0. The third-order valence-corrected chi connectivity index (χ3v) is 2.49. The summed E-state index contributed by atoms with van der Waals surface area (Å²) in [4.78, 5) is 0. The van der Waals surface area contributed by atoms with E-state index in [1.54, 1.807) is 6.08 Å². The summed E-state index contributed by atoms with van der Waals surface area (Å²) in [5, 5.41) is 7.83. The van der Waals surface area contributed by atoms with E-state index in [0.717, 1.165) is 5.56 Å². The van der Waals surface area contributed by atoms with Crippen molar-refractivity contribution in [2.75, 3.05) is 0 Å². The van der Waals surface area contributed by atoms with Crippen LogP contribution in [0.15, 0.2) is 66.8 Å². The number of benzene rings is 1. The molecule has 0 aromatic heterocycles. The highest BCUT2D eigenvalue weighted by atomic mass is 14.6. The van der Waals surface area contributed by atoms with E-state index in [-0.39, 0.29) is 6.04 Å². The molecule has 0 bridgehead atoms. The second kappa shape index (κ2) is 8.20. The Morgan fingerprint density at radius 3 is 2.50 bits per heavy atom. The molecule has 3 N–H and O–H groups in total. The van der Waals surface area contributed by atoms with Crippen LogP contribution < -0.4 is 5.73 Å². The van der Waals surface area contributed by atoms with Crippen molar-refractivity contribution in [2.24, 2.45) is 5.73 Å². The van der Waals surface area contributed by atoms with Crippen molar-refractivity contribution in [2.45, 2.75) is 19.4 Å². The van der Waals surface area contributed by atoms with E-state index in [2.05, 4.69) is 0 Å². The normalized spacial score (nSPS) is 13.7. The molecule has 0 aliphatic carbocycles. The van der Waals surface area contributed by atoms with Gasteiger partial charge in [0.15, 0.2) is 0 Å². The molecule has 0 saturated carbocycles. The van der Waals surface area contributed by atoms with Crippen molar-refractivity contribution in [1.82, 2.24) is 0 Å². The molecule has 0 aliphatic heterocycles. The molecule has 0 saturated heterocycles. The standard InChI is InChI=1S/C16H20N2/c1-2-3-4-5-9-12-15(17)13-16(18)14-10-7-6-8-11-14/h2-12,16-17H,13,18H2,1H3/b3-2-,5-4-,12-9+,17-15?. The van der Waals surface area contributed by atoms with Crippen molar-refractivity contribution in [3.8, 4) is 0 Å². The number of hydrogen-bond donors (Lipinski definition) is 2. The monoisotopic (exact) mass is 240 g/mol. The van der Waals surface area contributed by atoms with Crippen LogP contribution in [0.5, 0.6) is 0 Å². The van der Waals surface area contributed by atoms with Gasteiger partial charge in [0.05, 0.1) is 0 Å². The fourth-order valence-corrected chi connectivity index (χ4v) is 1.53. The molecule has 94 valence electrons. The highest BCUT2D eigenvalue weighted by molar-refractivity contribution is 5.92. The molecule has 0 aliphatic rings. The molecule has 18 heavy (non-hydrogen) atoms. The summed E-state index contributed by atoms with van der Waals surface area (Å²) in [6.07, 6.45) is 11.9. The summed E-state index contributed by atoms with van der Waals surface area (Å²) in [6.45, 7) is 1.97. The summed E-state index contributed by atoms with van der Waals surface area (Å²) in [6, 6.07) is 9.78. The van der Waals surface area contributed by atoms with Crippen molar-refractivity contribution >= 4 is 5.71 Å². The molecule has 0 radical (unpaired) electrons. The minimum Gasteiger partial charge on any atom is -0.324 e. The van der Waals surface area contributed by atoms with Crippen LogP contribution in [0.2, 0.25) is 0 Å². The lowest BCUT2D eigenvalue weighted by Crippen LogP contribution is -2.13. The summed E-state index contributed by atoms with van der Waals surface area (Å²) < 4.78 is 0. The van der Waals surface area contributed by atoms with Gasteiger partial charge >= 0.3 is 0 Å². The van der Waals surface area contributed by atoms with Gasteiger partial charge in [0.25, 0.3) is 0 Å². The third kappa shape index (κ3) is 5.41. The highest BCUT2D eigenvalue weighted by Crippen LogP contribution is 2.13. The Morgan fingerprint density at radius 1 is 1.17 bits per heavy atom. The van der Waals surface area contributed by atoms with Gasteiger partial charge in [-0.05, 0) is 18.6 Å². The van der Waals surface area contributed by atoms with E-state index in [9.17, 15) is 0 Å². The number of rotatable bonds is 6. The fraction of sp³-hybridized carbons (Fsp3) is 0.188. The van der Waals surface area contributed by atoms with E-state index < -0.39 is 0 Å². The minimum absolute atomic E-state index is 0.108. The van der Waals surface area contributed by atoms with E-state index in [4.69, 9.17) is 11.1 Å². The van der Waals surface area contributed by atoms with E-state index in [1.807, 2.05) is 67.6 Å². The zero-order valence-electron chi connectivity index (χ0n) is 10.7. The third-order valence-electron chi connectivity index (χ3n) is 2.49. The first-order valence-corrected chi connectivity index (χ1v) is 6.08. The van der Waals surface area contributed by atoms with Crippen molar-refractivity contribution in [3.63, 3.8) is 0 Å². The molecule has 2 heteroatoms. The van der Waals surface area contributed by atoms with Gasteiger partial charge in [-0.25, -0.2) is 0 Å². The number of nitrogens with one attached hydrogen (secondary N) is 1. The topological polar surface area (TPSA) is 49.9 Å². The van der Waals surface area contributed by atoms with Gasteiger partial charge in [-0.2, -0.15) is 0 Å². The molecule has 0 amide bonds. The van der Waals surface area contributed by atoms with Crippen LogP contribution in [-0.4, -0.2) is 5.71 Å². The van der Waals surface area contributed by atoms with Crippen LogP contribution >= 0.6 is 0 Å². The van der Waals surface area contributed by atoms with Gasteiger partial charge in [0, 0.05) is 18.2 Å². The Bertz CT molecular complexity index is 441. The van der Waals surface area contributed by atoms with Crippen LogP contribution in [0.25, 0.3) is 0 Å². The first-order chi connectivity index (χ1) is 8.74. The maximum Gasteiger partial charge on any atom is 0.0350 e. The van der Waals surface area contributed by atoms with Gasteiger partial charge in [0.2, 0.25) is 0 Å². The quantitative estimate of drug-likeness (QED) is 0.577. The van der Waals surface area contributed by atoms with Crippen molar-refractivity contribution in [3.05, 3.63) is 72.4 Å². The number of allylic oxidation sites excluding steroid dienone is 6. The lowest BCUT2D eigenvalue weighted by molar-refractivity contribution is 0.762. The molecular weight excluding hydrogens is 220 g/mol. The minimum atomic E-state index is -0.108. The Labute approximate surface area is 109 Å². The zero-order chi connectivity index (χ0) is 13.2. The van der Waals surface area contributed by atoms with Crippen LogP contribution in [0, 0.1) is 5.41 Å². The van der Waals surface area contributed by atoms with Gasteiger partial charge in [-0.15, -0.1) is 0 Å². The first-order valence-electron chi connectivity index (χ1n) is 6.08. The predicted octanol–water partition coefficient (Wildman–Crippen LogP) is 3.78. The molecule has 1 rings (SSSR count). The van der Waals surface area contributed by atoms with Crippen molar-refractivity contribution < 1.29 is 0 Å². The van der Waals surface area contributed by atoms with E-state index in [1.165, 1.54) is 0 Å². The number of nitrogens with two attached hydrogens (primary N) is 1. The summed E-state index contributed by atoms with van der Waals surface area (Å²) in [5.41, 5.74) is 7.65. The molecule has 0 heterocycles.